The second-order valence-electron chi connectivity index (χ2n) is 7.47. The molecule has 0 heterocycles. The van der Waals surface area contributed by atoms with Crippen LogP contribution in [0, 0.1) is 28.6 Å². The van der Waals surface area contributed by atoms with Gasteiger partial charge in [-0.25, -0.2) is 0 Å². The quantitative estimate of drug-likeness (QED) is 0.448. The molecule has 0 amide bonds. The summed E-state index contributed by atoms with van der Waals surface area (Å²) in [4.78, 5) is 25.3. The van der Waals surface area contributed by atoms with E-state index in [4.69, 9.17) is 5.41 Å². The number of benzene rings is 1. The van der Waals surface area contributed by atoms with Crippen LogP contribution in [0.5, 0.6) is 0 Å². The minimum atomic E-state index is -0.520. The van der Waals surface area contributed by atoms with Gasteiger partial charge in [-0.3, -0.25) is 9.59 Å². The van der Waals surface area contributed by atoms with Gasteiger partial charge in [0.2, 0.25) is 0 Å². The zero-order chi connectivity index (χ0) is 17.7. The molecule has 3 heteroatoms. The van der Waals surface area contributed by atoms with E-state index in [0.717, 1.165) is 6.42 Å². The minimum absolute atomic E-state index is 0.0132. The molecule has 0 aliphatic heterocycles. The standard InChI is InChI=1S/C21H27NO2/c1-15-8-7-13-21(2,3)19(15)18(23)12-11-17(14-22)20(24)16-9-5-4-6-10-16/h4-10,14-15,17,19,22H,11-13H2,1-3H3. The Morgan fingerprint density at radius 1 is 1.29 bits per heavy atom. The van der Waals surface area contributed by atoms with E-state index in [0.29, 0.717) is 18.4 Å². The van der Waals surface area contributed by atoms with Crippen molar-refractivity contribution in [3.63, 3.8) is 0 Å². The van der Waals surface area contributed by atoms with E-state index in [2.05, 4.69) is 32.9 Å². The second-order valence-corrected chi connectivity index (χ2v) is 7.47. The number of hydrogen-bond acceptors (Lipinski definition) is 3. The first kappa shape index (κ1) is 18.3. The molecule has 0 fully saturated rings. The molecular weight excluding hydrogens is 298 g/mol. The van der Waals surface area contributed by atoms with Crippen molar-refractivity contribution in [1.82, 2.24) is 0 Å². The summed E-state index contributed by atoms with van der Waals surface area (Å²) in [6, 6.07) is 9.02. The fourth-order valence-corrected chi connectivity index (χ4v) is 3.83. The lowest BCUT2D eigenvalue weighted by Gasteiger charge is -2.39. The smallest absolute Gasteiger partial charge is 0.171 e. The molecule has 0 bridgehead atoms. The maximum absolute atomic E-state index is 12.8. The summed E-state index contributed by atoms with van der Waals surface area (Å²) in [7, 11) is 0. The highest BCUT2D eigenvalue weighted by Gasteiger charge is 2.39. The summed E-state index contributed by atoms with van der Waals surface area (Å²) in [6.45, 7) is 6.36. The van der Waals surface area contributed by atoms with E-state index >= 15 is 0 Å². The Kier molecular flexibility index (Phi) is 5.87. The van der Waals surface area contributed by atoms with Crippen LogP contribution in [0.4, 0.5) is 0 Å². The van der Waals surface area contributed by atoms with Crippen molar-refractivity contribution < 1.29 is 9.59 Å². The van der Waals surface area contributed by atoms with Crippen LogP contribution in [0.3, 0.4) is 0 Å². The van der Waals surface area contributed by atoms with Crippen LogP contribution in [0.1, 0.15) is 50.4 Å². The topological polar surface area (TPSA) is 58.0 Å². The third kappa shape index (κ3) is 4.08. The summed E-state index contributed by atoms with van der Waals surface area (Å²) < 4.78 is 0. The van der Waals surface area contributed by atoms with Crippen molar-refractivity contribution >= 4 is 17.8 Å². The Morgan fingerprint density at radius 2 is 1.96 bits per heavy atom. The molecule has 3 unspecified atom stereocenters. The SMILES string of the molecule is CC1C=CCC(C)(C)C1C(=O)CCC(C=N)C(=O)c1ccccc1. The van der Waals surface area contributed by atoms with Gasteiger partial charge < -0.3 is 5.41 Å². The van der Waals surface area contributed by atoms with E-state index in [1.54, 1.807) is 12.1 Å². The van der Waals surface area contributed by atoms with Crippen molar-refractivity contribution in [2.75, 3.05) is 0 Å². The molecule has 0 saturated carbocycles. The van der Waals surface area contributed by atoms with Gasteiger partial charge in [0.05, 0.1) is 5.92 Å². The van der Waals surface area contributed by atoms with E-state index in [1.165, 1.54) is 6.21 Å². The molecule has 1 aromatic carbocycles. The van der Waals surface area contributed by atoms with Crippen molar-refractivity contribution in [2.24, 2.45) is 23.2 Å². The Bertz CT molecular complexity index is 630. The first-order chi connectivity index (χ1) is 11.4. The lowest BCUT2D eigenvalue weighted by atomic mass is 9.64. The molecule has 1 N–H and O–H groups in total. The second kappa shape index (κ2) is 7.69. The normalized spacial score (nSPS) is 23.5. The number of carbonyl (C=O) groups is 2. The molecule has 0 spiro atoms. The minimum Gasteiger partial charge on any atom is -0.312 e. The summed E-state index contributed by atoms with van der Waals surface area (Å²) in [5.41, 5.74) is 0.558. The molecule has 1 aliphatic rings. The highest BCUT2D eigenvalue weighted by molar-refractivity contribution is 6.05. The number of rotatable bonds is 7. The molecule has 128 valence electrons. The van der Waals surface area contributed by atoms with Gasteiger partial charge in [0.25, 0.3) is 0 Å². The number of allylic oxidation sites excluding steroid dienone is 2. The van der Waals surface area contributed by atoms with Gasteiger partial charge >= 0.3 is 0 Å². The summed E-state index contributed by atoms with van der Waals surface area (Å²) in [5.74, 6) is -0.169. The molecule has 1 aliphatic carbocycles. The first-order valence-electron chi connectivity index (χ1n) is 8.66. The zero-order valence-electron chi connectivity index (χ0n) is 14.8. The van der Waals surface area contributed by atoms with Gasteiger partial charge in [-0.05, 0) is 24.2 Å². The molecule has 0 radical (unpaired) electrons. The number of hydrogen-bond donors (Lipinski definition) is 1. The summed E-state index contributed by atoms with van der Waals surface area (Å²) >= 11 is 0. The maximum Gasteiger partial charge on any atom is 0.171 e. The molecule has 0 aromatic heterocycles. The Labute approximate surface area is 144 Å². The van der Waals surface area contributed by atoms with Crippen LogP contribution in [-0.2, 0) is 4.79 Å². The summed E-state index contributed by atoms with van der Waals surface area (Å²) in [5, 5.41) is 7.58. The van der Waals surface area contributed by atoms with Crippen LogP contribution < -0.4 is 0 Å². The van der Waals surface area contributed by atoms with Gasteiger partial charge in [-0.2, -0.15) is 0 Å². The Hall–Kier alpha value is -2.03. The molecule has 2 rings (SSSR count). The van der Waals surface area contributed by atoms with Crippen molar-refractivity contribution in [2.45, 2.75) is 40.0 Å². The molecular formula is C21H27NO2. The predicted molar refractivity (Wildman–Crippen MR) is 97.5 cm³/mol. The van der Waals surface area contributed by atoms with E-state index < -0.39 is 5.92 Å². The average Bonchev–Trinajstić information content (AvgIpc) is 2.55. The van der Waals surface area contributed by atoms with Crippen LogP contribution in [-0.4, -0.2) is 17.8 Å². The molecule has 3 nitrogen and oxygen atoms in total. The highest BCUT2D eigenvalue weighted by Crippen LogP contribution is 2.41. The Balaban J connectivity index is 2.03. The van der Waals surface area contributed by atoms with Crippen LogP contribution in [0.2, 0.25) is 0 Å². The largest absolute Gasteiger partial charge is 0.312 e. The van der Waals surface area contributed by atoms with Crippen LogP contribution in [0.25, 0.3) is 0 Å². The predicted octanol–water partition coefficient (Wildman–Crippen LogP) is 4.72. The van der Waals surface area contributed by atoms with Gasteiger partial charge in [-0.15, -0.1) is 0 Å². The number of ketones is 2. The highest BCUT2D eigenvalue weighted by atomic mass is 16.1. The fourth-order valence-electron chi connectivity index (χ4n) is 3.83. The van der Waals surface area contributed by atoms with E-state index in [9.17, 15) is 9.59 Å². The average molecular weight is 325 g/mol. The van der Waals surface area contributed by atoms with E-state index in [-0.39, 0.29) is 28.8 Å². The third-order valence-electron chi connectivity index (χ3n) is 5.10. The monoisotopic (exact) mass is 325 g/mol. The summed E-state index contributed by atoms with van der Waals surface area (Å²) in [6.07, 6.45) is 7.14. The van der Waals surface area contributed by atoms with Gasteiger partial charge in [-0.1, -0.05) is 63.3 Å². The number of carbonyl (C=O) groups excluding carboxylic acids is 2. The molecule has 0 saturated heterocycles. The Morgan fingerprint density at radius 3 is 2.54 bits per heavy atom. The molecule has 1 aromatic rings. The first-order valence-corrected chi connectivity index (χ1v) is 8.66. The lowest BCUT2D eigenvalue weighted by molar-refractivity contribution is -0.128. The van der Waals surface area contributed by atoms with Gasteiger partial charge in [0, 0.05) is 24.1 Å². The zero-order valence-corrected chi connectivity index (χ0v) is 14.8. The van der Waals surface area contributed by atoms with Crippen LogP contribution in [0.15, 0.2) is 42.5 Å². The van der Waals surface area contributed by atoms with Crippen molar-refractivity contribution in [3.8, 4) is 0 Å². The van der Waals surface area contributed by atoms with Gasteiger partial charge in [0.15, 0.2) is 5.78 Å². The third-order valence-corrected chi connectivity index (χ3v) is 5.10. The van der Waals surface area contributed by atoms with Crippen molar-refractivity contribution in [1.29, 1.82) is 5.41 Å². The number of nitrogens with one attached hydrogen (secondary N) is 1. The van der Waals surface area contributed by atoms with E-state index in [1.807, 2.05) is 18.2 Å². The molecule has 24 heavy (non-hydrogen) atoms. The number of Topliss-reactive ketones (excluding diaryl/α,β-unsaturated/α-hetero) is 2. The fraction of sp³-hybridized carbons (Fsp3) is 0.476. The van der Waals surface area contributed by atoms with Crippen molar-refractivity contribution in [3.05, 3.63) is 48.0 Å². The maximum atomic E-state index is 12.8. The van der Waals surface area contributed by atoms with Crippen LogP contribution >= 0.6 is 0 Å². The van der Waals surface area contributed by atoms with Gasteiger partial charge in [0.1, 0.15) is 5.78 Å². The lowest BCUT2D eigenvalue weighted by Crippen LogP contribution is -2.37. The molecule has 3 atom stereocenters.